The topological polar surface area (TPSA) is 159 Å². The van der Waals surface area contributed by atoms with Crippen molar-refractivity contribution in [2.45, 2.75) is 77.7 Å². The van der Waals surface area contributed by atoms with Crippen LogP contribution >= 0.6 is 0 Å². The lowest BCUT2D eigenvalue weighted by Gasteiger charge is -2.39. The maximum absolute atomic E-state index is 13.3. The molecule has 0 atom stereocenters. The van der Waals surface area contributed by atoms with E-state index in [0.29, 0.717) is 27.8 Å². The number of rotatable bonds is 10. The first kappa shape index (κ1) is 34.2. The molecule has 0 radical (unpaired) electrons. The molecule has 2 aliphatic rings. The maximum Gasteiger partial charge on any atom is 0.410 e. The average molecular weight is 669 g/mol. The molecule has 47 heavy (non-hydrogen) atoms. The molecule has 1 saturated carbocycles. The number of sulfonamides is 1. The lowest BCUT2D eigenvalue weighted by molar-refractivity contribution is -0.152. The molecule has 2 N–H and O–H groups in total. The van der Waals surface area contributed by atoms with Crippen molar-refractivity contribution >= 4 is 44.9 Å². The zero-order valence-electron chi connectivity index (χ0n) is 27.9. The molecule has 254 valence electrons. The summed E-state index contributed by atoms with van der Waals surface area (Å²) in [5, 5.41) is 13.5. The van der Waals surface area contributed by atoms with Crippen LogP contribution in [0.25, 0.3) is 22.4 Å². The number of fused-ring (bicyclic) bond motifs is 1. The second-order valence-corrected chi connectivity index (χ2v) is 15.7. The number of hydrogen-bond acceptors (Lipinski definition) is 8. The molecule has 0 spiro atoms. The number of aromatic nitrogens is 1. The fourth-order valence-corrected chi connectivity index (χ4v) is 7.11. The number of ether oxygens (including phenoxy) is 1. The highest BCUT2D eigenvalue weighted by Crippen LogP contribution is 2.47. The monoisotopic (exact) mass is 668 g/mol. The van der Waals surface area contributed by atoms with Crippen LogP contribution in [-0.2, 0) is 19.6 Å². The first-order valence-corrected chi connectivity index (χ1v) is 17.8. The Hall–Kier alpha value is -4.13. The Morgan fingerprint density at radius 1 is 1.15 bits per heavy atom. The molecule has 13 heteroatoms. The summed E-state index contributed by atoms with van der Waals surface area (Å²) >= 11 is 0. The summed E-state index contributed by atoms with van der Waals surface area (Å²) in [5.41, 5.74) is 1.16. The summed E-state index contributed by atoms with van der Waals surface area (Å²) in [6.07, 6.45) is 3.28. The third kappa shape index (κ3) is 7.39. The fraction of sp³-hybridized carbons (Fsp3) is 0.529. The number of hydrogen-bond donors (Lipinski definition) is 2. The second kappa shape index (κ2) is 12.8. The minimum absolute atomic E-state index is 0.00962. The summed E-state index contributed by atoms with van der Waals surface area (Å²) in [6.45, 7) is 7.77. The molecule has 1 aromatic carbocycles. The van der Waals surface area contributed by atoms with Crippen LogP contribution in [0.15, 0.2) is 34.7 Å². The molecule has 12 nitrogen and oxygen atoms in total. The highest BCUT2D eigenvalue weighted by Gasteiger charge is 2.43. The Morgan fingerprint density at radius 3 is 2.32 bits per heavy atom. The third-order valence-electron chi connectivity index (χ3n) is 8.96. The van der Waals surface area contributed by atoms with Crippen molar-refractivity contribution in [2.24, 2.45) is 5.41 Å². The van der Waals surface area contributed by atoms with Crippen molar-refractivity contribution in [3.8, 4) is 11.3 Å². The predicted octanol–water partition coefficient (Wildman–Crippen LogP) is 5.69. The lowest BCUT2D eigenvalue weighted by Crippen LogP contribution is -2.48. The largest absolute Gasteiger partial charge is 0.481 e. The molecule has 3 aromatic rings. The van der Waals surface area contributed by atoms with Crippen molar-refractivity contribution < 1.29 is 37.1 Å². The van der Waals surface area contributed by atoms with Gasteiger partial charge in [0, 0.05) is 32.2 Å². The number of nitrogens with zero attached hydrogens (tertiary/aromatic N) is 3. The molecule has 5 rings (SSSR count). The maximum atomic E-state index is 13.3. The van der Waals surface area contributed by atoms with Crippen molar-refractivity contribution in [1.29, 1.82) is 0 Å². The highest BCUT2D eigenvalue weighted by atomic mass is 32.2. The SMILES string of the molecule is CNC(=O)c1c(-c2ccc(C)cc2)oc2nc(N(CCCC3(C(=O)O)CCN(C(=O)OC(C)(C)C)CC3)S(C)(=O)=O)c(C3CC3)cc12. The number of carboxylic acid groups (broad SMARTS) is 1. The normalized spacial score (nSPS) is 16.6. The molecule has 2 fully saturated rings. The zero-order chi connectivity index (χ0) is 34.3. The van der Waals surface area contributed by atoms with E-state index in [4.69, 9.17) is 14.1 Å². The Morgan fingerprint density at radius 2 is 1.79 bits per heavy atom. The number of aliphatic carboxylic acids is 1. The number of benzene rings is 1. The third-order valence-corrected chi connectivity index (χ3v) is 10.1. The Balaban J connectivity index is 1.44. The Kier molecular flexibility index (Phi) is 9.33. The minimum Gasteiger partial charge on any atom is -0.481 e. The van der Waals surface area contributed by atoms with Gasteiger partial charge in [0.15, 0.2) is 0 Å². The summed E-state index contributed by atoms with van der Waals surface area (Å²) in [7, 11) is -2.30. The van der Waals surface area contributed by atoms with Crippen molar-refractivity contribution in [2.75, 3.05) is 37.2 Å². The van der Waals surface area contributed by atoms with Gasteiger partial charge < -0.3 is 24.5 Å². The molecule has 2 amide bonds. The number of pyridine rings is 1. The lowest BCUT2D eigenvalue weighted by atomic mass is 9.75. The van der Waals surface area contributed by atoms with Crippen molar-refractivity contribution in [3.05, 3.63) is 47.0 Å². The van der Waals surface area contributed by atoms with Gasteiger partial charge in [0.25, 0.3) is 5.91 Å². The average Bonchev–Trinajstić information content (AvgIpc) is 3.77. The van der Waals surface area contributed by atoms with E-state index < -0.39 is 33.1 Å². The molecule has 1 aliphatic carbocycles. The van der Waals surface area contributed by atoms with E-state index in [9.17, 15) is 27.9 Å². The quantitative estimate of drug-likeness (QED) is 0.277. The number of furan rings is 1. The number of amides is 2. The molecule has 1 saturated heterocycles. The number of piperidine rings is 1. The van der Waals surface area contributed by atoms with Gasteiger partial charge >= 0.3 is 12.1 Å². The Bertz CT molecular complexity index is 1780. The number of carbonyl (C=O) groups excluding carboxylic acids is 2. The fourth-order valence-electron chi connectivity index (χ4n) is 6.19. The number of aryl methyl sites for hydroxylation is 1. The molecule has 1 aliphatic heterocycles. The van der Waals surface area contributed by atoms with E-state index in [-0.39, 0.29) is 68.7 Å². The summed E-state index contributed by atoms with van der Waals surface area (Å²) in [5.74, 6) is -0.653. The number of nitrogens with one attached hydrogen (secondary N) is 1. The standard InChI is InChI=1S/C34H44N4O8S/c1-21-8-10-23(11-9-21)27-26(29(39)35-5)25-20-24(22-12-13-22)28(36-30(25)45-27)38(47(6,43)44)17-7-14-34(31(40)41)15-18-37(19-16-34)32(42)46-33(2,3)4/h8-11,20,22H,7,12-19H2,1-6H3,(H,35,39)(H,40,41). The molecule has 0 unspecified atom stereocenters. The van der Waals surface area contributed by atoms with Crippen LogP contribution in [0.1, 0.15) is 86.7 Å². The predicted molar refractivity (Wildman–Crippen MR) is 178 cm³/mol. The van der Waals surface area contributed by atoms with Gasteiger partial charge in [0.05, 0.1) is 22.6 Å². The van der Waals surface area contributed by atoms with Crippen LogP contribution in [0.5, 0.6) is 0 Å². The van der Waals surface area contributed by atoms with E-state index in [1.165, 1.54) is 9.21 Å². The van der Waals surface area contributed by atoms with Crippen LogP contribution in [0.3, 0.4) is 0 Å². The van der Waals surface area contributed by atoms with Gasteiger partial charge in [-0.15, -0.1) is 0 Å². The smallest absolute Gasteiger partial charge is 0.410 e. The van der Waals surface area contributed by atoms with Crippen molar-refractivity contribution in [3.63, 3.8) is 0 Å². The van der Waals surface area contributed by atoms with Crippen LogP contribution in [-0.4, -0.2) is 79.9 Å². The van der Waals surface area contributed by atoms with E-state index >= 15 is 0 Å². The van der Waals surface area contributed by atoms with Gasteiger partial charge in [-0.1, -0.05) is 29.8 Å². The van der Waals surface area contributed by atoms with Gasteiger partial charge in [-0.25, -0.2) is 13.2 Å². The summed E-state index contributed by atoms with van der Waals surface area (Å²) in [4.78, 5) is 44.5. The van der Waals surface area contributed by atoms with Crippen LogP contribution in [0.4, 0.5) is 10.6 Å². The number of carbonyl (C=O) groups is 3. The van der Waals surface area contributed by atoms with Gasteiger partial charge in [0.1, 0.15) is 17.2 Å². The summed E-state index contributed by atoms with van der Waals surface area (Å²) < 4.78 is 39.5. The van der Waals surface area contributed by atoms with Crippen LogP contribution in [0.2, 0.25) is 0 Å². The molecule has 0 bridgehead atoms. The van der Waals surface area contributed by atoms with Gasteiger partial charge in [-0.2, -0.15) is 4.98 Å². The van der Waals surface area contributed by atoms with Crippen LogP contribution < -0.4 is 9.62 Å². The summed E-state index contributed by atoms with van der Waals surface area (Å²) in [6, 6.07) is 9.38. The minimum atomic E-state index is -3.84. The van der Waals surface area contributed by atoms with E-state index in [2.05, 4.69) is 5.32 Å². The number of likely N-dealkylation sites (tertiary alicyclic amines) is 1. The first-order valence-electron chi connectivity index (χ1n) is 16.0. The van der Waals surface area contributed by atoms with Gasteiger partial charge in [-0.05, 0) is 83.8 Å². The highest BCUT2D eigenvalue weighted by molar-refractivity contribution is 7.92. The number of anilines is 1. The Labute approximate surface area is 275 Å². The zero-order valence-corrected chi connectivity index (χ0v) is 28.7. The van der Waals surface area contributed by atoms with Gasteiger partial charge in [0.2, 0.25) is 15.7 Å². The van der Waals surface area contributed by atoms with E-state index in [1.54, 1.807) is 27.8 Å². The second-order valence-electron chi connectivity index (χ2n) is 13.8. The van der Waals surface area contributed by atoms with E-state index in [0.717, 1.165) is 24.7 Å². The molecule has 2 aromatic heterocycles. The molecular weight excluding hydrogens is 624 g/mol. The van der Waals surface area contributed by atoms with Crippen LogP contribution in [0, 0.1) is 12.3 Å². The van der Waals surface area contributed by atoms with Gasteiger partial charge in [-0.3, -0.25) is 13.9 Å². The molecular formula is C34H44N4O8S. The molecule has 3 heterocycles. The number of carboxylic acids is 1. The van der Waals surface area contributed by atoms with Crippen molar-refractivity contribution in [1.82, 2.24) is 15.2 Å². The van der Waals surface area contributed by atoms with E-state index in [1.807, 2.05) is 37.3 Å². The first-order chi connectivity index (χ1) is 22.0.